The van der Waals surface area contributed by atoms with E-state index in [1.54, 1.807) is 6.92 Å². The van der Waals surface area contributed by atoms with Gasteiger partial charge in [-0.05, 0) is 12.8 Å². The molecule has 2 unspecified atom stereocenters. The van der Waals surface area contributed by atoms with Gasteiger partial charge in [-0.25, -0.2) is 0 Å². The van der Waals surface area contributed by atoms with E-state index >= 15 is 0 Å². The van der Waals surface area contributed by atoms with Crippen LogP contribution in [0.25, 0.3) is 0 Å². The molecule has 1 aromatic rings. The summed E-state index contributed by atoms with van der Waals surface area (Å²) in [5, 5.41) is 12.9. The molecule has 74 valence electrons. The summed E-state index contributed by atoms with van der Waals surface area (Å²) in [6.07, 6.45) is -0.656. The van der Waals surface area contributed by atoms with Crippen LogP contribution in [0, 0.1) is 5.92 Å². The number of aliphatic hydroxyl groups excluding tert-OH is 1. The number of hydrogen-bond donors (Lipinski definition) is 1. The van der Waals surface area contributed by atoms with E-state index in [0.717, 1.165) is 0 Å². The maximum Gasteiger partial charge on any atom is 0.229 e. The molecule has 0 aliphatic rings. The van der Waals surface area contributed by atoms with Crippen LogP contribution in [0.1, 0.15) is 51.4 Å². The minimum Gasteiger partial charge on any atom is -0.385 e. The average molecular weight is 184 g/mol. The Hall–Kier alpha value is -0.900. The van der Waals surface area contributed by atoms with Gasteiger partial charge in [0.05, 0.1) is 0 Å². The van der Waals surface area contributed by atoms with Crippen molar-refractivity contribution in [3.8, 4) is 0 Å². The van der Waals surface area contributed by atoms with Crippen LogP contribution in [0.15, 0.2) is 4.52 Å². The van der Waals surface area contributed by atoms with Gasteiger partial charge in [-0.15, -0.1) is 0 Å². The van der Waals surface area contributed by atoms with E-state index in [1.165, 1.54) is 0 Å². The molecule has 2 atom stereocenters. The topological polar surface area (TPSA) is 59.2 Å². The van der Waals surface area contributed by atoms with Gasteiger partial charge in [-0.3, -0.25) is 0 Å². The van der Waals surface area contributed by atoms with Crippen molar-refractivity contribution < 1.29 is 9.63 Å². The summed E-state index contributed by atoms with van der Waals surface area (Å²) >= 11 is 0. The number of nitrogens with zero attached hydrogens (tertiary/aromatic N) is 2. The zero-order chi connectivity index (χ0) is 10.0. The molecule has 0 aromatic carbocycles. The van der Waals surface area contributed by atoms with Gasteiger partial charge in [0.1, 0.15) is 6.10 Å². The highest BCUT2D eigenvalue weighted by molar-refractivity contribution is 4.95. The third-order valence-electron chi connectivity index (χ3n) is 2.22. The first-order valence-corrected chi connectivity index (χ1v) is 4.54. The first-order valence-electron chi connectivity index (χ1n) is 4.54. The number of rotatable bonds is 3. The van der Waals surface area contributed by atoms with Crippen molar-refractivity contribution in [3.63, 3.8) is 0 Å². The molecule has 0 aliphatic carbocycles. The zero-order valence-electron chi connectivity index (χ0n) is 8.48. The minimum atomic E-state index is -0.656. The van der Waals surface area contributed by atoms with E-state index in [9.17, 15) is 5.11 Å². The monoisotopic (exact) mass is 184 g/mol. The molecule has 0 radical (unpaired) electrons. The molecule has 1 heterocycles. The van der Waals surface area contributed by atoms with Gasteiger partial charge in [0, 0.05) is 5.92 Å². The van der Waals surface area contributed by atoms with Gasteiger partial charge in [-0.1, -0.05) is 25.9 Å². The van der Waals surface area contributed by atoms with Gasteiger partial charge in [0.25, 0.3) is 0 Å². The standard InChI is InChI=1S/C9H16N2O2/c1-5(2)6(3)9-10-8(7(4)12)11-13-9/h5-7,12H,1-4H3. The molecule has 0 saturated carbocycles. The van der Waals surface area contributed by atoms with Gasteiger partial charge < -0.3 is 9.63 Å². The Kier molecular flexibility index (Phi) is 3.03. The fourth-order valence-electron chi connectivity index (χ4n) is 0.887. The van der Waals surface area contributed by atoms with Crippen LogP contribution in [0.2, 0.25) is 0 Å². The van der Waals surface area contributed by atoms with Crippen molar-refractivity contribution in [2.45, 2.75) is 39.7 Å². The van der Waals surface area contributed by atoms with Crippen LogP contribution < -0.4 is 0 Å². The smallest absolute Gasteiger partial charge is 0.229 e. The highest BCUT2D eigenvalue weighted by Crippen LogP contribution is 2.22. The fraction of sp³-hybridized carbons (Fsp3) is 0.778. The van der Waals surface area contributed by atoms with Crippen LogP contribution in [-0.4, -0.2) is 15.2 Å². The molecule has 0 bridgehead atoms. The van der Waals surface area contributed by atoms with E-state index in [-0.39, 0.29) is 5.92 Å². The predicted molar refractivity (Wildman–Crippen MR) is 48.2 cm³/mol. The molecular formula is C9H16N2O2. The van der Waals surface area contributed by atoms with Crippen molar-refractivity contribution in [2.75, 3.05) is 0 Å². The van der Waals surface area contributed by atoms with Crippen LogP contribution in [0.5, 0.6) is 0 Å². The second-order valence-corrected chi connectivity index (χ2v) is 3.70. The maximum absolute atomic E-state index is 9.17. The summed E-state index contributed by atoms with van der Waals surface area (Å²) in [4.78, 5) is 4.10. The van der Waals surface area contributed by atoms with Crippen LogP contribution in [0.3, 0.4) is 0 Å². The molecule has 1 rings (SSSR count). The van der Waals surface area contributed by atoms with Crippen molar-refractivity contribution in [1.29, 1.82) is 0 Å². The lowest BCUT2D eigenvalue weighted by Crippen LogP contribution is -2.03. The van der Waals surface area contributed by atoms with Crippen molar-refractivity contribution in [1.82, 2.24) is 10.1 Å². The fourth-order valence-corrected chi connectivity index (χ4v) is 0.887. The third-order valence-corrected chi connectivity index (χ3v) is 2.22. The van der Waals surface area contributed by atoms with Crippen LogP contribution in [0.4, 0.5) is 0 Å². The molecule has 0 saturated heterocycles. The highest BCUT2D eigenvalue weighted by Gasteiger charge is 2.18. The Morgan fingerprint density at radius 1 is 1.23 bits per heavy atom. The van der Waals surface area contributed by atoms with Crippen molar-refractivity contribution in [3.05, 3.63) is 11.7 Å². The van der Waals surface area contributed by atoms with Gasteiger partial charge in [0.2, 0.25) is 5.89 Å². The zero-order valence-corrected chi connectivity index (χ0v) is 8.48. The molecule has 0 aliphatic heterocycles. The van der Waals surface area contributed by atoms with E-state index in [4.69, 9.17) is 4.52 Å². The highest BCUT2D eigenvalue weighted by atomic mass is 16.5. The van der Waals surface area contributed by atoms with Gasteiger partial charge >= 0.3 is 0 Å². The number of hydrogen-bond acceptors (Lipinski definition) is 4. The van der Waals surface area contributed by atoms with E-state index in [0.29, 0.717) is 17.6 Å². The van der Waals surface area contributed by atoms with Crippen molar-refractivity contribution in [2.24, 2.45) is 5.92 Å². The molecule has 0 amide bonds. The Morgan fingerprint density at radius 3 is 2.23 bits per heavy atom. The molecule has 1 N–H and O–H groups in total. The molecule has 4 heteroatoms. The number of aromatic nitrogens is 2. The summed E-state index contributed by atoms with van der Waals surface area (Å²) in [5.41, 5.74) is 0. The molecule has 0 fully saturated rings. The first kappa shape index (κ1) is 10.2. The average Bonchev–Trinajstić information content (AvgIpc) is 2.50. The second-order valence-electron chi connectivity index (χ2n) is 3.70. The third kappa shape index (κ3) is 2.28. The summed E-state index contributed by atoms with van der Waals surface area (Å²) < 4.78 is 5.03. The Balaban J connectivity index is 2.79. The first-order chi connectivity index (χ1) is 6.02. The lowest BCUT2D eigenvalue weighted by molar-refractivity contribution is 0.184. The molecular weight excluding hydrogens is 168 g/mol. The minimum absolute atomic E-state index is 0.236. The van der Waals surface area contributed by atoms with E-state index in [2.05, 4.69) is 24.0 Å². The largest absolute Gasteiger partial charge is 0.385 e. The molecule has 1 aromatic heterocycles. The SMILES string of the molecule is CC(O)c1noc(C(C)C(C)C)n1. The van der Waals surface area contributed by atoms with Crippen LogP contribution in [-0.2, 0) is 0 Å². The Morgan fingerprint density at radius 2 is 1.85 bits per heavy atom. The van der Waals surface area contributed by atoms with E-state index in [1.807, 2.05) is 6.92 Å². The maximum atomic E-state index is 9.17. The molecule has 4 nitrogen and oxygen atoms in total. The molecule has 13 heavy (non-hydrogen) atoms. The predicted octanol–water partition coefficient (Wildman–Crippen LogP) is 1.88. The van der Waals surface area contributed by atoms with Crippen molar-refractivity contribution >= 4 is 0 Å². The summed E-state index contributed by atoms with van der Waals surface area (Å²) in [5.74, 6) is 1.66. The van der Waals surface area contributed by atoms with Gasteiger partial charge in [0.15, 0.2) is 5.82 Å². The number of aliphatic hydroxyl groups is 1. The summed E-state index contributed by atoms with van der Waals surface area (Å²) in [6.45, 7) is 7.84. The normalized spacial score (nSPS) is 16.2. The Labute approximate surface area is 78.0 Å². The second kappa shape index (κ2) is 3.87. The van der Waals surface area contributed by atoms with E-state index < -0.39 is 6.10 Å². The Bertz CT molecular complexity index is 268. The molecule has 0 spiro atoms. The lowest BCUT2D eigenvalue weighted by Gasteiger charge is -2.08. The quantitative estimate of drug-likeness (QED) is 0.779. The lowest BCUT2D eigenvalue weighted by atomic mass is 9.98. The summed E-state index contributed by atoms with van der Waals surface area (Å²) in [7, 11) is 0. The van der Waals surface area contributed by atoms with Gasteiger partial charge in [-0.2, -0.15) is 4.98 Å². The van der Waals surface area contributed by atoms with Crippen LogP contribution >= 0.6 is 0 Å². The summed E-state index contributed by atoms with van der Waals surface area (Å²) in [6, 6.07) is 0.